The summed E-state index contributed by atoms with van der Waals surface area (Å²) in [4.78, 5) is 11.8. The topological polar surface area (TPSA) is 56.8 Å². The van der Waals surface area contributed by atoms with Crippen molar-refractivity contribution in [2.24, 2.45) is 0 Å². The molecule has 1 aromatic rings. The Morgan fingerprint density at radius 2 is 1.90 bits per heavy atom. The third-order valence-corrected chi connectivity index (χ3v) is 2.72. The van der Waals surface area contributed by atoms with Crippen LogP contribution in [0.25, 0.3) is 0 Å². The molecular formula is C14H21NO4S. The van der Waals surface area contributed by atoms with Gasteiger partial charge in [0, 0.05) is 5.75 Å². The van der Waals surface area contributed by atoms with Crippen LogP contribution >= 0.6 is 12.6 Å². The fourth-order valence-electron chi connectivity index (χ4n) is 1.62. The molecule has 112 valence electrons. The van der Waals surface area contributed by atoms with Gasteiger partial charge in [0.25, 0.3) is 0 Å². The van der Waals surface area contributed by atoms with Gasteiger partial charge >= 0.3 is 6.09 Å². The van der Waals surface area contributed by atoms with E-state index in [1.54, 1.807) is 26.8 Å². The van der Waals surface area contributed by atoms with Gasteiger partial charge in [0.15, 0.2) is 11.5 Å². The van der Waals surface area contributed by atoms with Gasteiger partial charge in [-0.2, -0.15) is 12.6 Å². The monoisotopic (exact) mass is 299 g/mol. The van der Waals surface area contributed by atoms with E-state index in [2.05, 4.69) is 17.9 Å². The van der Waals surface area contributed by atoms with E-state index in [9.17, 15) is 4.79 Å². The van der Waals surface area contributed by atoms with E-state index in [0.717, 1.165) is 5.56 Å². The fraction of sp³-hybridized carbons (Fsp3) is 0.500. The molecule has 0 aliphatic heterocycles. The number of ether oxygens (including phenoxy) is 3. The maximum Gasteiger partial charge on any atom is 0.412 e. The van der Waals surface area contributed by atoms with Gasteiger partial charge in [0.1, 0.15) is 5.60 Å². The minimum absolute atomic E-state index is 0.448. The summed E-state index contributed by atoms with van der Waals surface area (Å²) in [5.41, 5.74) is 0.824. The minimum atomic E-state index is -0.567. The number of methoxy groups -OCH3 is 2. The zero-order valence-corrected chi connectivity index (χ0v) is 13.3. The van der Waals surface area contributed by atoms with Crippen LogP contribution in [0.15, 0.2) is 12.1 Å². The van der Waals surface area contributed by atoms with Crippen LogP contribution in [0.2, 0.25) is 0 Å². The maximum atomic E-state index is 11.8. The number of carbonyl (C=O) groups is 1. The van der Waals surface area contributed by atoms with E-state index < -0.39 is 11.7 Å². The molecule has 0 unspecified atom stereocenters. The van der Waals surface area contributed by atoms with Crippen LogP contribution in [0.5, 0.6) is 11.5 Å². The molecule has 1 amide bonds. The second-order valence-corrected chi connectivity index (χ2v) is 5.48. The quantitative estimate of drug-likeness (QED) is 0.836. The number of thiol groups is 1. The molecule has 1 N–H and O–H groups in total. The Morgan fingerprint density at radius 1 is 1.25 bits per heavy atom. The van der Waals surface area contributed by atoms with E-state index >= 15 is 0 Å². The summed E-state index contributed by atoms with van der Waals surface area (Å²) in [7, 11) is 3.05. The lowest BCUT2D eigenvalue weighted by molar-refractivity contribution is 0.0635. The van der Waals surface area contributed by atoms with E-state index in [4.69, 9.17) is 14.2 Å². The first-order chi connectivity index (χ1) is 9.30. The second-order valence-electron chi connectivity index (χ2n) is 5.16. The highest BCUT2D eigenvalue weighted by molar-refractivity contribution is 7.79. The van der Waals surface area contributed by atoms with Crippen molar-refractivity contribution in [3.05, 3.63) is 17.7 Å². The number of hydrogen-bond acceptors (Lipinski definition) is 5. The lowest BCUT2D eigenvalue weighted by Crippen LogP contribution is -2.27. The van der Waals surface area contributed by atoms with Crippen molar-refractivity contribution >= 4 is 24.4 Å². The number of anilines is 1. The van der Waals surface area contributed by atoms with Crippen LogP contribution in [0.1, 0.15) is 26.3 Å². The summed E-state index contributed by atoms with van der Waals surface area (Å²) >= 11 is 4.23. The van der Waals surface area contributed by atoms with Crippen LogP contribution in [-0.2, 0) is 10.5 Å². The highest BCUT2D eigenvalue weighted by Crippen LogP contribution is 2.37. The molecule has 0 radical (unpaired) electrons. The van der Waals surface area contributed by atoms with Gasteiger partial charge in [0.2, 0.25) is 0 Å². The molecule has 20 heavy (non-hydrogen) atoms. The van der Waals surface area contributed by atoms with E-state index in [-0.39, 0.29) is 0 Å². The number of rotatable bonds is 4. The third-order valence-electron chi connectivity index (χ3n) is 2.36. The van der Waals surface area contributed by atoms with Crippen LogP contribution in [0.4, 0.5) is 10.5 Å². The molecule has 0 bridgehead atoms. The second kappa shape index (κ2) is 6.74. The molecule has 6 heteroatoms. The predicted octanol–water partition coefficient (Wildman–Crippen LogP) is 3.48. The molecule has 0 aliphatic carbocycles. The van der Waals surface area contributed by atoms with Gasteiger partial charge in [-0.1, -0.05) is 0 Å². The van der Waals surface area contributed by atoms with Crippen molar-refractivity contribution in [2.75, 3.05) is 19.5 Å². The van der Waals surface area contributed by atoms with Crippen molar-refractivity contribution in [3.63, 3.8) is 0 Å². The average molecular weight is 299 g/mol. The Hall–Kier alpha value is -1.56. The first kappa shape index (κ1) is 16.5. The molecule has 5 nitrogen and oxygen atoms in total. The summed E-state index contributed by atoms with van der Waals surface area (Å²) in [6, 6.07) is 3.59. The summed E-state index contributed by atoms with van der Waals surface area (Å²) in [5.74, 6) is 1.50. The Kier molecular flexibility index (Phi) is 5.56. The lowest BCUT2D eigenvalue weighted by Gasteiger charge is -2.21. The predicted molar refractivity (Wildman–Crippen MR) is 82.1 cm³/mol. The largest absolute Gasteiger partial charge is 0.493 e. The van der Waals surface area contributed by atoms with Crippen molar-refractivity contribution in [1.29, 1.82) is 0 Å². The molecule has 0 atom stereocenters. The van der Waals surface area contributed by atoms with Crippen molar-refractivity contribution in [3.8, 4) is 11.5 Å². The molecular weight excluding hydrogens is 278 g/mol. The number of carbonyl (C=O) groups excluding carboxylic acids is 1. The maximum absolute atomic E-state index is 11.8. The first-order valence-corrected chi connectivity index (χ1v) is 6.79. The Balaban J connectivity index is 3.06. The van der Waals surface area contributed by atoms with Crippen LogP contribution in [0.3, 0.4) is 0 Å². The highest BCUT2D eigenvalue weighted by Gasteiger charge is 2.19. The van der Waals surface area contributed by atoms with E-state index in [0.29, 0.717) is 22.9 Å². The number of benzene rings is 1. The summed E-state index contributed by atoms with van der Waals surface area (Å²) in [6.07, 6.45) is -0.547. The Labute approximate surface area is 125 Å². The SMILES string of the molecule is COc1cc(CS)cc(NC(=O)OC(C)(C)C)c1OC. The average Bonchev–Trinajstić information content (AvgIpc) is 2.35. The molecule has 0 aliphatic rings. The van der Waals surface area contributed by atoms with E-state index in [1.165, 1.54) is 14.2 Å². The number of amides is 1. The fourth-order valence-corrected chi connectivity index (χ4v) is 1.80. The molecule has 0 spiro atoms. The van der Waals surface area contributed by atoms with Crippen LogP contribution in [0, 0.1) is 0 Å². The first-order valence-electron chi connectivity index (χ1n) is 6.16. The molecule has 0 aromatic heterocycles. The van der Waals surface area contributed by atoms with Crippen molar-refractivity contribution in [1.82, 2.24) is 0 Å². The zero-order valence-electron chi connectivity index (χ0n) is 12.4. The third kappa shape index (κ3) is 4.52. The summed E-state index contributed by atoms with van der Waals surface area (Å²) < 4.78 is 15.8. The molecule has 0 fully saturated rings. The molecule has 1 aromatic carbocycles. The molecule has 1 rings (SSSR count). The smallest absolute Gasteiger partial charge is 0.412 e. The van der Waals surface area contributed by atoms with Crippen molar-refractivity contribution in [2.45, 2.75) is 32.1 Å². The van der Waals surface area contributed by atoms with Gasteiger partial charge in [-0.15, -0.1) is 0 Å². The Morgan fingerprint density at radius 3 is 2.35 bits per heavy atom. The summed E-state index contributed by atoms with van der Waals surface area (Å²) in [6.45, 7) is 5.40. The molecule has 0 saturated carbocycles. The summed E-state index contributed by atoms with van der Waals surface area (Å²) in [5, 5.41) is 2.67. The highest BCUT2D eigenvalue weighted by atomic mass is 32.1. The standard InChI is InChI=1S/C14H21NO4S/c1-14(2,3)19-13(16)15-10-6-9(8-20)7-11(17-4)12(10)18-5/h6-7,20H,8H2,1-5H3,(H,15,16). The number of nitrogens with one attached hydrogen (secondary N) is 1. The minimum Gasteiger partial charge on any atom is -0.493 e. The molecule has 0 heterocycles. The van der Waals surface area contributed by atoms with Gasteiger partial charge in [-0.25, -0.2) is 4.79 Å². The van der Waals surface area contributed by atoms with Gasteiger partial charge in [-0.3, -0.25) is 5.32 Å². The number of hydrogen-bond donors (Lipinski definition) is 2. The molecule has 0 saturated heterocycles. The van der Waals surface area contributed by atoms with Crippen molar-refractivity contribution < 1.29 is 19.0 Å². The van der Waals surface area contributed by atoms with E-state index in [1.807, 2.05) is 6.07 Å². The van der Waals surface area contributed by atoms with Gasteiger partial charge in [-0.05, 0) is 38.5 Å². The van der Waals surface area contributed by atoms with Gasteiger partial charge in [0.05, 0.1) is 19.9 Å². The normalized spacial score (nSPS) is 10.9. The Bertz CT molecular complexity index is 483. The van der Waals surface area contributed by atoms with Crippen LogP contribution < -0.4 is 14.8 Å². The van der Waals surface area contributed by atoms with Gasteiger partial charge < -0.3 is 14.2 Å². The zero-order chi connectivity index (χ0) is 15.3. The lowest BCUT2D eigenvalue weighted by atomic mass is 10.2. The van der Waals surface area contributed by atoms with Crippen LogP contribution in [-0.4, -0.2) is 25.9 Å².